The van der Waals surface area contributed by atoms with Gasteiger partial charge in [0.25, 0.3) is 0 Å². The van der Waals surface area contributed by atoms with E-state index in [4.69, 9.17) is 4.74 Å². The number of ether oxygens (including phenoxy) is 1. The van der Waals surface area contributed by atoms with Crippen molar-refractivity contribution in [2.24, 2.45) is 5.92 Å². The minimum absolute atomic E-state index is 0.508. The van der Waals surface area contributed by atoms with Gasteiger partial charge in [0.1, 0.15) is 12.4 Å². The second-order valence-electron chi connectivity index (χ2n) is 5.69. The summed E-state index contributed by atoms with van der Waals surface area (Å²) >= 11 is 0. The SMILES string of the molecule is CCCNC(COc1cccc2ccccc12)C1CC1. The van der Waals surface area contributed by atoms with Gasteiger partial charge >= 0.3 is 0 Å². The Balaban J connectivity index is 1.69. The topological polar surface area (TPSA) is 21.3 Å². The van der Waals surface area contributed by atoms with E-state index in [1.54, 1.807) is 0 Å². The van der Waals surface area contributed by atoms with Crippen LogP contribution in [0.4, 0.5) is 0 Å². The molecule has 0 spiro atoms. The fourth-order valence-electron chi connectivity index (χ4n) is 2.69. The fraction of sp³-hybridized carbons (Fsp3) is 0.444. The smallest absolute Gasteiger partial charge is 0.127 e. The van der Waals surface area contributed by atoms with E-state index in [9.17, 15) is 0 Å². The van der Waals surface area contributed by atoms with Gasteiger partial charge in [0.2, 0.25) is 0 Å². The van der Waals surface area contributed by atoms with Crippen LogP contribution in [0.1, 0.15) is 26.2 Å². The third-order valence-corrected chi connectivity index (χ3v) is 4.02. The molecule has 1 N–H and O–H groups in total. The van der Waals surface area contributed by atoms with Gasteiger partial charge in [-0.1, -0.05) is 43.3 Å². The number of nitrogens with one attached hydrogen (secondary N) is 1. The number of fused-ring (bicyclic) bond motifs is 1. The molecule has 20 heavy (non-hydrogen) atoms. The van der Waals surface area contributed by atoms with E-state index in [1.165, 1.54) is 30.0 Å². The maximum absolute atomic E-state index is 6.12. The molecule has 1 saturated carbocycles. The van der Waals surface area contributed by atoms with Gasteiger partial charge in [0, 0.05) is 11.4 Å². The average molecular weight is 269 g/mol. The number of benzene rings is 2. The molecule has 1 atom stereocenters. The van der Waals surface area contributed by atoms with Gasteiger partial charge in [-0.05, 0) is 43.2 Å². The summed E-state index contributed by atoms with van der Waals surface area (Å²) in [5.74, 6) is 1.82. The normalized spacial score (nSPS) is 16.2. The lowest BCUT2D eigenvalue weighted by atomic mass is 10.1. The van der Waals surface area contributed by atoms with Crippen molar-refractivity contribution < 1.29 is 4.74 Å². The van der Waals surface area contributed by atoms with Crippen molar-refractivity contribution in [1.82, 2.24) is 5.32 Å². The molecule has 2 heteroatoms. The summed E-state index contributed by atoms with van der Waals surface area (Å²) in [5.41, 5.74) is 0. The molecule has 0 amide bonds. The Morgan fingerprint density at radius 2 is 1.95 bits per heavy atom. The van der Waals surface area contributed by atoms with Gasteiger partial charge in [-0.2, -0.15) is 0 Å². The van der Waals surface area contributed by atoms with E-state index in [0.29, 0.717) is 6.04 Å². The number of hydrogen-bond acceptors (Lipinski definition) is 2. The van der Waals surface area contributed by atoms with Crippen molar-refractivity contribution in [3.05, 3.63) is 42.5 Å². The third-order valence-electron chi connectivity index (χ3n) is 4.02. The van der Waals surface area contributed by atoms with Crippen molar-refractivity contribution in [1.29, 1.82) is 0 Å². The molecule has 0 bridgehead atoms. The second-order valence-corrected chi connectivity index (χ2v) is 5.69. The molecule has 1 unspecified atom stereocenters. The van der Waals surface area contributed by atoms with Gasteiger partial charge < -0.3 is 10.1 Å². The molecular weight excluding hydrogens is 246 g/mol. The first kappa shape index (κ1) is 13.4. The molecule has 2 aromatic rings. The van der Waals surface area contributed by atoms with Crippen molar-refractivity contribution >= 4 is 10.8 Å². The van der Waals surface area contributed by atoms with Crippen LogP contribution in [0.2, 0.25) is 0 Å². The van der Waals surface area contributed by atoms with Crippen molar-refractivity contribution in [2.45, 2.75) is 32.2 Å². The van der Waals surface area contributed by atoms with Crippen LogP contribution >= 0.6 is 0 Å². The van der Waals surface area contributed by atoms with Crippen LogP contribution in [0.15, 0.2) is 42.5 Å². The predicted molar refractivity (Wildman–Crippen MR) is 84.2 cm³/mol. The zero-order valence-corrected chi connectivity index (χ0v) is 12.1. The molecule has 2 nitrogen and oxygen atoms in total. The Morgan fingerprint density at radius 1 is 1.15 bits per heavy atom. The molecule has 0 aliphatic heterocycles. The molecule has 3 rings (SSSR count). The molecule has 1 aliphatic carbocycles. The highest BCUT2D eigenvalue weighted by molar-refractivity contribution is 5.88. The quantitative estimate of drug-likeness (QED) is 0.820. The molecule has 106 valence electrons. The Hall–Kier alpha value is -1.54. The predicted octanol–water partition coefficient (Wildman–Crippen LogP) is 4.00. The van der Waals surface area contributed by atoms with Crippen LogP contribution in [-0.4, -0.2) is 19.2 Å². The second kappa shape index (κ2) is 6.27. The van der Waals surface area contributed by atoms with Crippen LogP contribution in [-0.2, 0) is 0 Å². The molecule has 1 fully saturated rings. The first-order chi connectivity index (χ1) is 9.88. The molecular formula is C18H23NO. The van der Waals surface area contributed by atoms with Crippen LogP contribution in [0, 0.1) is 5.92 Å². The Labute approximate surface area is 121 Å². The van der Waals surface area contributed by atoms with Gasteiger partial charge in [-0.3, -0.25) is 0 Å². The summed E-state index contributed by atoms with van der Waals surface area (Å²) in [5, 5.41) is 6.08. The molecule has 0 radical (unpaired) electrons. The Kier molecular flexibility index (Phi) is 4.22. The van der Waals surface area contributed by atoms with E-state index >= 15 is 0 Å². The largest absolute Gasteiger partial charge is 0.491 e. The molecule has 1 aliphatic rings. The standard InChI is InChI=1S/C18H23NO/c1-2-12-19-17(15-10-11-15)13-20-18-9-5-7-14-6-3-4-8-16(14)18/h3-9,15,17,19H,2,10-13H2,1H3. The summed E-state index contributed by atoms with van der Waals surface area (Å²) in [6, 6.07) is 15.2. The molecule has 0 aromatic heterocycles. The van der Waals surface area contributed by atoms with Crippen LogP contribution in [0.25, 0.3) is 10.8 Å². The van der Waals surface area contributed by atoms with E-state index in [0.717, 1.165) is 24.8 Å². The molecule has 2 aromatic carbocycles. The van der Waals surface area contributed by atoms with E-state index in [2.05, 4.69) is 54.7 Å². The van der Waals surface area contributed by atoms with E-state index in [-0.39, 0.29) is 0 Å². The zero-order chi connectivity index (χ0) is 13.8. The number of hydrogen-bond donors (Lipinski definition) is 1. The molecule has 0 saturated heterocycles. The first-order valence-electron chi connectivity index (χ1n) is 7.72. The Morgan fingerprint density at radius 3 is 2.75 bits per heavy atom. The Bertz CT molecular complexity index is 557. The average Bonchev–Trinajstić information content (AvgIpc) is 3.32. The minimum atomic E-state index is 0.508. The third kappa shape index (κ3) is 3.13. The fourth-order valence-corrected chi connectivity index (χ4v) is 2.69. The van der Waals surface area contributed by atoms with Gasteiger partial charge in [0.15, 0.2) is 0 Å². The minimum Gasteiger partial charge on any atom is -0.491 e. The monoisotopic (exact) mass is 269 g/mol. The maximum Gasteiger partial charge on any atom is 0.127 e. The lowest BCUT2D eigenvalue weighted by molar-refractivity contribution is 0.252. The van der Waals surface area contributed by atoms with Crippen molar-refractivity contribution in [3.63, 3.8) is 0 Å². The number of rotatable bonds is 7. The van der Waals surface area contributed by atoms with E-state index < -0.39 is 0 Å². The van der Waals surface area contributed by atoms with Crippen LogP contribution in [0.3, 0.4) is 0 Å². The van der Waals surface area contributed by atoms with E-state index in [1.807, 2.05) is 0 Å². The summed E-state index contributed by atoms with van der Waals surface area (Å²) in [6.45, 7) is 4.07. The van der Waals surface area contributed by atoms with Gasteiger partial charge in [-0.25, -0.2) is 0 Å². The highest BCUT2D eigenvalue weighted by atomic mass is 16.5. The highest BCUT2D eigenvalue weighted by Gasteiger charge is 2.31. The van der Waals surface area contributed by atoms with Crippen LogP contribution in [0.5, 0.6) is 5.75 Å². The van der Waals surface area contributed by atoms with Gasteiger partial charge in [0.05, 0.1) is 0 Å². The zero-order valence-electron chi connectivity index (χ0n) is 12.1. The first-order valence-corrected chi connectivity index (χ1v) is 7.72. The van der Waals surface area contributed by atoms with Crippen molar-refractivity contribution in [3.8, 4) is 5.75 Å². The highest BCUT2D eigenvalue weighted by Crippen LogP contribution is 2.33. The lowest BCUT2D eigenvalue weighted by Gasteiger charge is -2.19. The van der Waals surface area contributed by atoms with Gasteiger partial charge in [-0.15, -0.1) is 0 Å². The molecule has 0 heterocycles. The van der Waals surface area contributed by atoms with Crippen LogP contribution < -0.4 is 10.1 Å². The summed E-state index contributed by atoms with van der Waals surface area (Å²) in [6.07, 6.45) is 3.87. The van der Waals surface area contributed by atoms with Crippen molar-refractivity contribution in [2.75, 3.05) is 13.2 Å². The maximum atomic E-state index is 6.12. The summed E-state index contributed by atoms with van der Waals surface area (Å²) in [4.78, 5) is 0. The summed E-state index contributed by atoms with van der Waals surface area (Å²) < 4.78 is 6.12. The summed E-state index contributed by atoms with van der Waals surface area (Å²) in [7, 11) is 0. The lowest BCUT2D eigenvalue weighted by Crippen LogP contribution is -2.37.